The number of nitrogens with one attached hydrogen (secondary N) is 1. The monoisotopic (exact) mass is 241 g/mol. The van der Waals surface area contributed by atoms with Crippen LogP contribution >= 0.6 is 11.8 Å². The molecule has 1 unspecified atom stereocenters. The third-order valence-electron chi connectivity index (χ3n) is 2.48. The van der Waals surface area contributed by atoms with E-state index >= 15 is 0 Å². The minimum Gasteiger partial charge on any atom is -0.334 e. The minimum absolute atomic E-state index is 0.386. The SMILES string of the molecule is CCCSCC(NCC)c1nccn1CC. The highest BCUT2D eigenvalue weighted by Crippen LogP contribution is 2.17. The van der Waals surface area contributed by atoms with Crippen LogP contribution in [-0.4, -0.2) is 27.6 Å². The summed E-state index contributed by atoms with van der Waals surface area (Å²) in [6, 6.07) is 0.386. The zero-order valence-corrected chi connectivity index (χ0v) is 11.4. The van der Waals surface area contributed by atoms with Gasteiger partial charge in [-0.25, -0.2) is 4.98 Å². The van der Waals surface area contributed by atoms with Gasteiger partial charge in [0.05, 0.1) is 6.04 Å². The third kappa shape index (κ3) is 3.83. The average Bonchev–Trinajstić information content (AvgIpc) is 2.76. The van der Waals surface area contributed by atoms with E-state index < -0.39 is 0 Å². The van der Waals surface area contributed by atoms with Crippen molar-refractivity contribution in [3.05, 3.63) is 18.2 Å². The molecular weight excluding hydrogens is 218 g/mol. The van der Waals surface area contributed by atoms with Gasteiger partial charge in [-0.3, -0.25) is 0 Å². The Labute approximate surface area is 103 Å². The summed E-state index contributed by atoms with van der Waals surface area (Å²) in [4.78, 5) is 4.47. The largest absolute Gasteiger partial charge is 0.334 e. The molecule has 0 radical (unpaired) electrons. The van der Waals surface area contributed by atoms with Gasteiger partial charge in [-0.05, 0) is 25.6 Å². The number of nitrogens with zero attached hydrogens (tertiary/aromatic N) is 2. The molecule has 0 aliphatic heterocycles. The second-order valence-corrected chi connectivity index (χ2v) is 4.91. The van der Waals surface area contributed by atoms with E-state index in [9.17, 15) is 0 Å². The van der Waals surface area contributed by atoms with E-state index in [2.05, 4.69) is 41.8 Å². The van der Waals surface area contributed by atoms with Crippen LogP contribution in [0.25, 0.3) is 0 Å². The fourth-order valence-corrected chi connectivity index (χ4v) is 2.67. The molecule has 1 N–H and O–H groups in total. The molecule has 1 atom stereocenters. The Kier molecular flexibility index (Phi) is 6.57. The van der Waals surface area contributed by atoms with Gasteiger partial charge in [0, 0.05) is 24.7 Å². The number of imidazole rings is 1. The van der Waals surface area contributed by atoms with Crippen molar-refractivity contribution >= 4 is 11.8 Å². The van der Waals surface area contributed by atoms with Crippen molar-refractivity contribution in [1.82, 2.24) is 14.9 Å². The zero-order valence-electron chi connectivity index (χ0n) is 10.6. The summed E-state index contributed by atoms with van der Waals surface area (Å²) in [6.45, 7) is 8.52. The van der Waals surface area contributed by atoms with E-state index in [4.69, 9.17) is 0 Å². The van der Waals surface area contributed by atoms with Crippen LogP contribution in [0.5, 0.6) is 0 Å². The normalized spacial score (nSPS) is 12.9. The highest BCUT2D eigenvalue weighted by Gasteiger charge is 2.14. The lowest BCUT2D eigenvalue weighted by molar-refractivity contribution is 0.539. The van der Waals surface area contributed by atoms with Gasteiger partial charge in [-0.2, -0.15) is 11.8 Å². The maximum absolute atomic E-state index is 4.47. The number of hydrogen-bond acceptors (Lipinski definition) is 3. The van der Waals surface area contributed by atoms with Crippen LogP contribution < -0.4 is 5.32 Å². The van der Waals surface area contributed by atoms with Gasteiger partial charge in [0.2, 0.25) is 0 Å². The first kappa shape index (κ1) is 13.6. The number of hydrogen-bond donors (Lipinski definition) is 1. The number of aromatic nitrogens is 2. The predicted molar refractivity (Wildman–Crippen MR) is 71.9 cm³/mol. The molecule has 0 aliphatic rings. The first-order valence-electron chi connectivity index (χ1n) is 6.15. The van der Waals surface area contributed by atoms with E-state index in [0.29, 0.717) is 6.04 Å². The summed E-state index contributed by atoms with van der Waals surface area (Å²) in [6.07, 6.45) is 5.20. The standard InChI is InChI=1S/C12H23N3S/c1-4-9-16-10-11(13-5-2)12-14-7-8-15(12)6-3/h7-8,11,13H,4-6,9-10H2,1-3H3. The van der Waals surface area contributed by atoms with E-state index in [-0.39, 0.29) is 0 Å². The van der Waals surface area contributed by atoms with Crippen molar-refractivity contribution in [3.8, 4) is 0 Å². The van der Waals surface area contributed by atoms with Gasteiger partial charge in [-0.15, -0.1) is 0 Å². The minimum atomic E-state index is 0.386. The average molecular weight is 241 g/mol. The Bertz CT molecular complexity index is 286. The first-order valence-corrected chi connectivity index (χ1v) is 7.31. The molecule has 16 heavy (non-hydrogen) atoms. The van der Waals surface area contributed by atoms with Crippen molar-refractivity contribution in [2.75, 3.05) is 18.1 Å². The summed E-state index contributed by atoms with van der Waals surface area (Å²) >= 11 is 2.00. The number of aryl methyl sites for hydroxylation is 1. The molecule has 0 fully saturated rings. The van der Waals surface area contributed by atoms with Crippen molar-refractivity contribution in [2.24, 2.45) is 0 Å². The Morgan fingerprint density at radius 1 is 1.44 bits per heavy atom. The lowest BCUT2D eigenvalue weighted by atomic mass is 10.3. The predicted octanol–water partition coefficient (Wildman–Crippen LogP) is 2.70. The second kappa shape index (κ2) is 7.74. The molecule has 0 saturated carbocycles. The smallest absolute Gasteiger partial charge is 0.126 e. The molecule has 3 nitrogen and oxygen atoms in total. The van der Waals surface area contributed by atoms with Crippen molar-refractivity contribution in [2.45, 2.75) is 39.8 Å². The van der Waals surface area contributed by atoms with E-state index in [0.717, 1.165) is 18.8 Å². The summed E-state index contributed by atoms with van der Waals surface area (Å²) in [5.41, 5.74) is 0. The molecule has 92 valence electrons. The molecule has 0 bridgehead atoms. The summed E-state index contributed by atoms with van der Waals surface area (Å²) in [5.74, 6) is 3.51. The Hall–Kier alpha value is -0.480. The molecule has 1 rings (SSSR count). The van der Waals surface area contributed by atoms with E-state index in [1.54, 1.807) is 0 Å². The van der Waals surface area contributed by atoms with Gasteiger partial charge in [0.15, 0.2) is 0 Å². The topological polar surface area (TPSA) is 29.9 Å². The van der Waals surface area contributed by atoms with Gasteiger partial charge in [0.25, 0.3) is 0 Å². The van der Waals surface area contributed by atoms with Gasteiger partial charge in [0.1, 0.15) is 5.82 Å². The Balaban J connectivity index is 2.61. The maximum atomic E-state index is 4.47. The fraction of sp³-hybridized carbons (Fsp3) is 0.750. The van der Waals surface area contributed by atoms with Crippen LogP contribution in [0.3, 0.4) is 0 Å². The van der Waals surface area contributed by atoms with E-state index in [1.807, 2.05) is 18.0 Å². The summed E-state index contributed by atoms with van der Waals surface area (Å²) < 4.78 is 2.22. The maximum Gasteiger partial charge on any atom is 0.126 e. The van der Waals surface area contributed by atoms with Crippen LogP contribution in [0.4, 0.5) is 0 Å². The lowest BCUT2D eigenvalue weighted by Crippen LogP contribution is -2.26. The van der Waals surface area contributed by atoms with Crippen molar-refractivity contribution in [3.63, 3.8) is 0 Å². The fourth-order valence-electron chi connectivity index (χ4n) is 1.71. The third-order valence-corrected chi connectivity index (χ3v) is 3.75. The van der Waals surface area contributed by atoms with Crippen LogP contribution in [0.15, 0.2) is 12.4 Å². The quantitative estimate of drug-likeness (QED) is 0.710. The molecule has 1 heterocycles. The number of rotatable bonds is 8. The van der Waals surface area contributed by atoms with Crippen molar-refractivity contribution in [1.29, 1.82) is 0 Å². The van der Waals surface area contributed by atoms with Crippen molar-refractivity contribution < 1.29 is 0 Å². The highest BCUT2D eigenvalue weighted by atomic mass is 32.2. The first-order chi connectivity index (χ1) is 7.83. The van der Waals surface area contributed by atoms with Crippen LogP contribution in [-0.2, 0) is 6.54 Å². The van der Waals surface area contributed by atoms with Gasteiger partial charge >= 0.3 is 0 Å². The van der Waals surface area contributed by atoms with Crippen LogP contribution in [0.1, 0.15) is 39.1 Å². The van der Waals surface area contributed by atoms with Crippen LogP contribution in [0.2, 0.25) is 0 Å². The molecule has 1 aromatic heterocycles. The lowest BCUT2D eigenvalue weighted by Gasteiger charge is -2.18. The van der Waals surface area contributed by atoms with Gasteiger partial charge < -0.3 is 9.88 Å². The molecule has 0 aliphatic carbocycles. The Morgan fingerprint density at radius 2 is 2.25 bits per heavy atom. The van der Waals surface area contributed by atoms with Gasteiger partial charge in [-0.1, -0.05) is 13.8 Å². The molecule has 0 amide bonds. The molecule has 1 aromatic rings. The van der Waals surface area contributed by atoms with E-state index in [1.165, 1.54) is 18.0 Å². The molecule has 0 spiro atoms. The molecular formula is C12H23N3S. The molecule has 0 saturated heterocycles. The second-order valence-electron chi connectivity index (χ2n) is 3.76. The summed E-state index contributed by atoms with van der Waals surface area (Å²) in [7, 11) is 0. The molecule has 4 heteroatoms. The number of thioether (sulfide) groups is 1. The van der Waals surface area contributed by atoms with Crippen LogP contribution in [0, 0.1) is 0 Å². The molecule has 0 aromatic carbocycles. The zero-order chi connectivity index (χ0) is 11.8. The summed E-state index contributed by atoms with van der Waals surface area (Å²) in [5, 5.41) is 3.51. The Morgan fingerprint density at radius 3 is 2.88 bits per heavy atom. The highest BCUT2D eigenvalue weighted by molar-refractivity contribution is 7.99.